The molecule has 1 saturated heterocycles. The lowest BCUT2D eigenvalue weighted by molar-refractivity contribution is 0.245. The van der Waals surface area contributed by atoms with Crippen molar-refractivity contribution in [2.24, 2.45) is 0 Å². The van der Waals surface area contributed by atoms with Gasteiger partial charge >= 0.3 is 0 Å². The molecule has 10 aromatic rings. The monoisotopic (exact) mass is 1380 g/mol. The predicted octanol–water partition coefficient (Wildman–Crippen LogP) is 17.0. The maximum Gasteiger partial charge on any atom is 0.116 e. The van der Waals surface area contributed by atoms with Crippen LogP contribution in [0, 0.1) is 0 Å². The van der Waals surface area contributed by atoms with Crippen LogP contribution in [0.15, 0.2) is 249 Å². The first-order valence-corrected chi connectivity index (χ1v) is 36.7. The molecular formula is C90H101N7O6. The van der Waals surface area contributed by atoms with Crippen LogP contribution in [0.1, 0.15) is 127 Å². The average Bonchev–Trinajstić information content (AvgIpc) is 1.73. The molecule has 13 rings (SSSR count). The molecule has 532 valence electrons. The van der Waals surface area contributed by atoms with Crippen LogP contribution in [0.4, 0.5) is 5.69 Å². The fourth-order valence-corrected chi connectivity index (χ4v) is 13.9. The number of hydrogen-bond donors (Lipinski definition) is 6. The number of benzene rings is 9. The van der Waals surface area contributed by atoms with Gasteiger partial charge in [-0.05, 0) is 229 Å². The zero-order chi connectivity index (χ0) is 71.9. The first kappa shape index (κ1) is 74.2. The minimum absolute atomic E-state index is 0.127. The molecule has 0 radical (unpaired) electrons. The topological polar surface area (TPSA) is 165 Å². The van der Waals surface area contributed by atoms with Crippen LogP contribution in [0.25, 0.3) is 50.3 Å². The highest BCUT2D eigenvalue weighted by Crippen LogP contribution is 2.41. The van der Waals surface area contributed by atoms with Crippen molar-refractivity contribution in [2.75, 3.05) is 84.6 Å². The lowest BCUT2D eigenvalue weighted by Gasteiger charge is -2.36. The number of aromatic nitrogens is 3. The number of anilines is 1. The number of hydrogen-bond acceptors (Lipinski definition) is 12. The highest BCUT2D eigenvalue weighted by molar-refractivity contribution is 6.01. The number of rotatable bonds is 26. The Bertz CT molecular complexity index is 4390. The number of piperazine rings is 1. The SMILES string of the molecule is CC(C)N1CC=C(c2ccc(/C(=C(/CCCO)c3ccccc3)c3ccc(O)cc3)cc2)CC1.CN(C)CCn1cc(-c2ccc(/C(=C(/CCCO)c3ccccc3)c3ccc(O)cc3)cc2)nn1.OCCC/C(=C(/c1ccc(N2CCN(C3CC3)CC2)cc1)c1cccc(O)c1)c1ccccc1. The van der Waals surface area contributed by atoms with Crippen molar-refractivity contribution < 1.29 is 30.6 Å². The number of aliphatic hydroxyl groups excluding tert-OH is 3. The van der Waals surface area contributed by atoms with E-state index in [0.29, 0.717) is 25.3 Å². The van der Waals surface area contributed by atoms with E-state index in [1.807, 2.05) is 91.7 Å². The largest absolute Gasteiger partial charge is 0.508 e. The Balaban J connectivity index is 0.000000155. The van der Waals surface area contributed by atoms with Crippen LogP contribution in [0.2, 0.25) is 0 Å². The Morgan fingerprint density at radius 1 is 0.456 bits per heavy atom. The summed E-state index contributed by atoms with van der Waals surface area (Å²) in [5.74, 6) is 0.752. The summed E-state index contributed by atoms with van der Waals surface area (Å²) in [6, 6.07) is 80.9. The van der Waals surface area contributed by atoms with E-state index in [1.165, 1.54) is 40.8 Å². The standard InChI is InChI=1S/C31H35NO2.C30H34N2O2.C29H32N4O2/c1-23(2)32-20-18-25(19-21-32)24-10-12-27(13-11-24)31(28-14-16-29(34)17-15-28)30(9-6-22-33)26-7-4-3-5-8-26;33-21-5-10-29(23-6-2-1-3-7-23)30(25-8-4-9-28(34)22-25)24-11-13-26(14-12-24)31-17-19-32(20-18-31)27-15-16-27;1-32(2)18-19-33-21-28(30-31-33)23-10-12-24(13-11-23)29(25-14-16-26(35)17-15-25)27(9-6-20-34)22-7-4-3-5-8-22/h3-5,7-8,10-18,23,33-34H,6,9,19-22H2,1-2H3;1-4,6-9,11-14,22,27,33-34H,5,10,15-21H2;3-5,7-8,10-17,21,34-35H,6,9,18-20H2,1-2H3/b31-30+;30-29+;29-27+. The second-order valence-corrected chi connectivity index (χ2v) is 27.5. The van der Waals surface area contributed by atoms with Gasteiger partial charge in [-0.3, -0.25) is 14.5 Å². The quantitative estimate of drug-likeness (QED) is 0.0285. The van der Waals surface area contributed by atoms with Gasteiger partial charge in [-0.15, -0.1) is 5.10 Å². The molecule has 0 atom stereocenters. The highest BCUT2D eigenvalue weighted by Gasteiger charge is 2.31. The molecule has 1 aromatic heterocycles. The normalized spacial score (nSPS) is 14.9. The molecule has 0 bridgehead atoms. The van der Waals surface area contributed by atoms with Gasteiger partial charge in [0, 0.05) is 89.0 Å². The minimum Gasteiger partial charge on any atom is -0.508 e. The number of phenolic OH excluding ortho intramolecular Hbond substituents is 3. The number of aromatic hydroxyl groups is 3. The van der Waals surface area contributed by atoms with E-state index < -0.39 is 0 Å². The summed E-state index contributed by atoms with van der Waals surface area (Å²) in [4.78, 5) is 9.75. The van der Waals surface area contributed by atoms with Crippen molar-refractivity contribution >= 4 is 44.7 Å². The van der Waals surface area contributed by atoms with Crippen molar-refractivity contribution in [3.8, 4) is 28.5 Å². The van der Waals surface area contributed by atoms with Crippen LogP contribution in [0.3, 0.4) is 0 Å². The molecular weight excluding hydrogens is 1280 g/mol. The van der Waals surface area contributed by atoms with E-state index in [1.54, 1.807) is 30.3 Å². The predicted molar refractivity (Wildman–Crippen MR) is 423 cm³/mol. The molecule has 6 N–H and O–H groups in total. The lowest BCUT2D eigenvalue weighted by Crippen LogP contribution is -2.47. The third-order valence-corrected chi connectivity index (χ3v) is 19.7. The molecule has 3 aliphatic rings. The van der Waals surface area contributed by atoms with Crippen LogP contribution in [0.5, 0.6) is 17.2 Å². The molecule has 1 saturated carbocycles. The molecule has 0 amide bonds. The summed E-state index contributed by atoms with van der Waals surface area (Å²) in [5.41, 5.74) is 22.6. The Labute approximate surface area is 609 Å². The van der Waals surface area contributed by atoms with Gasteiger partial charge in [0.1, 0.15) is 22.9 Å². The molecule has 13 nitrogen and oxygen atoms in total. The fraction of sp³-hybridized carbons (Fsp3) is 0.289. The zero-order valence-electron chi connectivity index (χ0n) is 60.3. The molecule has 103 heavy (non-hydrogen) atoms. The van der Waals surface area contributed by atoms with Crippen LogP contribution in [-0.4, -0.2) is 152 Å². The van der Waals surface area contributed by atoms with Crippen molar-refractivity contribution in [1.29, 1.82) is 0 Å². The molecule has 0 unspecified atom stereocenters. The summed E-state index contributed by atoms with van der Waals surface area (Å²) < 4.78 is 1.87. The number of likely N-dealkylation sites (N-methyl/N-ethyl adjacent to an activating group) is 1. The van der Waals surface area contributed by atoms with Crippen LogP contribution < -0.4 is 4.90 Å². The smallest absolute Gasteiger partial charge is 0.116 e. The fourth-order valence-electron chi connectivity index (χ4n) is 13.9. The summed E-state index contributed by atoms with van der Waals surface area (Å²) in [6.45, 7) is 13.2. The van der Waals surface area contributed by atoms with E-state index in [4.69, 9.17) is 0 Å². The second kappa shape index (κ2) is 37.3. The summed E-state index contributed by atoms with van der Waals surface area (Å²) in [5, 5.41) is 67.4. The Hall–Kier alpha value is -9.96. The van der Waals surface area contributed by atoms with Crippen LogP contribution in [-0.2, 0) is 6.54 Å². The highest BCUT2D eigenvalue weighted by atomic mass is 16.3. The van der Waals surface area contributed by atoms with Gasteiger partial charge in [-0.1, -0.05) is 199 Å². The zero-order valence-corrected chi connectivity index (χ0v) is 60.3. The van der Waals surface area contributed by atoms with Gasteiger partial charge in [0.2, 0.25) is 0 Å². The molecule has 9 aromatic carbocycles. The van der Waals surface area contributed by atoms with Crippen molar-refractivity contribution in [2.45, 2.75) is 90.3 Å². The maximum atomic E-state index is 10.2. The summed E-state index contributed by atoms with van der Waals surface area (Å²) in [7, 11) is 4.08. The molecule has 0 spiro atoms. The second-order valence-electron chi connectivity index (χ2n) is 27.5. The first-order valence-electron chi connectivity index (χ1n) is 36.7. The molecule has 13 heteroatoms. The van der Waals surface area contributed by atoms with Gasteiger partial charge in [-0.25, -0.2) is 0 Å². The number of allylic oxidation sites excluding steroid dienone is 3. The molecule has 2 fully saturated rings. The average molecular weight is 1380 g/mol. The molecule has 2 aliphatic heterocycles. The van der Waals surface area contributed by atoms with Crippen molar-refractivity contribution in [3.05, 3.63) is 304 Å². The van der Waals surface area contributed by atoms with Crippen molar-refractivity contribution in [1.82, 2.24) is 29.7 Å². The number of aliphatic hydroxyl groups is 3. The lowest BCUT2D eigenvalue weighted by atomic mass is 9.86. The van der Waals surface area contributed by atoms with E-state index in [2.05, 4.69) is 189 Å². The van der Waals surface area contributed by atoms with E-state index in [-0.39, 0.29) is 37.1 Å². The van der Waals surface area contributed by atoms with E-state index in [0.717, 1.165) is 168 Å². The Kier molecular flexibility index (Phi) is 26.9. The van der Waals surface area contributed by atoms with Crippen LogP contribution >= 0.6 is 0 Å². The Morgan fingerprint density at radius 3 is 1.29 bits per heavy atom. The minimum atomic E-state index is 0.127. The third-order valence-electron chi connectivity index (χ3n) is 19.7. The number of nitrogens with zero attached hydrogens (tertiary/aromatic N) is 7. The Morgan fingerprint density at radius 2 is 0.883 bits per heavy atom. The van der Waals surface area contributed by atoms with E-state index in [9.17, 15) is 30.6 Å². The van der Waals surface area contributed by atoms with Gasteiger partial charge in [-0.2, -0.15) is 0 Å². The summed E-state index contributed by atoms with van der Waals surface area (Å²) in [6.07, 6.45) is 12.5. The maximum absolute atomic E-state index is 10.2. The van der Waals surface area contributed by atoms with Crippen molar-refractivity contribution in [3.63, 3.8) is 0 Å². The molecule has 1 aliphatic carbocycles. The molecule has 3 heterocycles. The summed E-state index contributed by atoms with van der Waals surface area (Å²) >= 11 is 0. The van der Waals surface area contributed by atoms with Gasteiger partial charge < -0.3 is 40.4 Å². The van der Waals surface area contributed by atoms with Gasteiger partial charge in [0.25, 0.3) is 0 Å². The third kappa shape index (κ3) is 20.4. The van der Waals surface area contributed by atoms with Gasteiger partial charge in [0.05, 0.1) is 12.7 Å². The van der Waals surface area contributed by atoms with Gasteiger partial charge in [0.15, 0.2) is 0 Å². The number of phenols is 3. The first-order chi connectivity index (χ1) is 50.3. The van der Waals surface area contributed by atoms with E-state index >= 15 is 0 Å².